The minimum absolute atomic E-state index is 0.152. The lowest BCUT2D eigenvalue weighted by molar-refractivity contribution is -0.0643. The molecular formula is C27H60O6Si3. The Kier molecular flexibility index (Phi) is 11.0. The standard InChI is InChI=1S/C27H60O6Si3/c1-19(2)34(22(7)28-25(10,11)12)31-35(20(3)4,23(8)29-26(13,14)15)33-36(32-34,21(5)6)24(9)30-27(16,17)18/h19-24H,1-18H3. The van der Waals surface area contributed by atoms with Gasteiger partial charge in [-0.1, -0.05) is 41.5 Å². The van der Waals surface area contributed by atoms with Crippen molar-refractivity contribution in [1.29, 1.82) is 0 Å². The van der Waals surface area contributed by atoms with Gasteiger partial charge in [-0.05, 0) is 99.7 Å². The Hall–Kier alpha value is 0.411. The first kappa shape index (κ1) is 34.4. The molecule has 6 nitrogen and oxygen atoms in total. The van der Waals surface area contributed by atoms with Gasteiger partial charge >= 0.3 is 25.7 Å². The fourth-order valence-corrected chi connectivity index (χ4v) is 26.9. The molecule has 0 amide bonds. The van der Waals surface area contributed by atoms with Crippen LogP contribution in [0.4, 0.5) is 0 Å². The van der Waals surface area contributed by atoms with E-state index in [1.54, 1.807) is 0 Å². The van der Waals surface area contributed by atoms with Crippen LogP contribution in [0.2, 0.25) is 16.6 Å². The van der Waals surface area contributed by atoms with Crippen molar-refractivity contribution in [2.75, 3.05) is 0 Å². The third-order valence-electron chi connectivity index (χ3n) is 6.66. The second-order valence-electron chi connectivity index (χ2n) is 14.6. The summed E-state index contributed by atoms with van der Waals surface area (Å²) in [5.74, 6) is 0. The highest BCUT2D eigenvalue weighted by Gasteiger charge is 2.71. The fourth-order valence-electron chi connectivity index (χ4n) is 5.26. The van der Waals surface area contributed by atoms with Gasteiger partial charge in [-0.2, -0.15) is 0 Å². The van der Waals surface area contributed by atoms with Crippen LogP contribution in [-0.4, -0.2) is 59.7 Å². The molecule has 0 aliphatic carbocycles. The van der Waals surface area contributed by atoms with Gasteiger partial charge in [-0.15, -0.1) is 0 Å². The Morgan fingerprint density at radius 3 is 0.667 bits per heavy atom. The van der Waals surface area contributed by atoms with Gasteiger partial charge in [0.1, 0.15) is 0 Å². The first-order valence-corrected chi connectivity index (χ1v) is 19.9. The molecule has 0 spiro atoms. The second-order valence-corrected chi connectivity index (χ2v) is 27.2. The first-order valence-electron chi connectivity index (χ1n) is 14.0. The minimum Gasteiger partial charge on any atom is -0.412 e. The Morgan fingerprint density at radius 1 is 0.389 bits per heavy atom. The van der Waals surface area contributed by atoms with Crippen molar-refractivity contribution in [1.82, 2.24) is 0 Å². The number of hydrogen-bond donors (Lipinski definition) is 0. The van der Waals surface area contributed by atoms with Crippen molar-refractivity contribution < 1.29 is 26.6 Å². The van der Waals surface area contributed by atoms with Crippen LogP contribution in [0, 0.1) is 0 Å². The predicted molar refractivity (Wildman–Crippen MR) is 157 cm³/mol. The van der Waals surface area contributed by atoms with Crippen LogP contribution in [0.15, 0.2) is 0 Å². The number of rotatable bonds is 9. The van der Waals surface area contributed by atoms with Gasteiger partial charge < -0.3 is 26.6 Å². The maximum atomic E-state index is 7.45. The van der Waals surface area contributed by atoms with Crippen LogP contribution in [-0.2, 0) is 26.6 Å². The smallest absolute Gasteiger partial charge is 0.353 e. The average Bonchev–Trinajstić information content (AvgIpc) is 2.62. The van der Waals surface area contributed by atoms with E-state index in [-0.39, 0.29) is 50.6 Å². The average molecular weight is 565 g/mol. The molecule has 216 valence electrons. The Balaban J connectivity index is 3.98. The first-order chi connectivity index (χ1) is 15.8. The highest BCUT2D eigenvalue weighted by molar-refractivity contribution is 6.97. The van der Waals surface area contributed by atoms with Gasteiger partial charge in [0.05, 0.1) is 34.0 Å². The van der Waals surface area contributed by atoms with Gasteiger partial charge in [-0.3, -0.25) is 0 Å². The molecule has 0 N–H and O–H groups in total. The lowest BCUT2D eigenvalue weighted by atomic mass is 10.2. The molecule has 0 saturated carbocycles. The van der Waals surface area contributed by atoms with E-state index in [1.165, 1.54) is 0 Å². The highest BCUT2D eigenvalue weighted by atomic mass is 28.5. The van der Waals surface area contributed by atoms with E-state index in [2.05, 4.69) is 125 Å². The lowest BCUT2D eigenvalue weighted by Crippen LogP contribution is -2.81. The molecule has 1 aliphatic rings. The number of hydrogen-bond acceptors (Lipinski definition) is 6. The molecule has 0 aromatic heterocycles. The summed E-state index contributed by atoms with van der Waals surface area (Å²) < 4.78 is 42.3. The number of ether oxygens (including phenoxy) is 3. The molecule has 0 aromatic carbocycles. The van der Waals surface area contributed by atoms with Crippen LogP contribution in [0.1, 0.15) is 125 Å². The molecule has 0 bridgehead atoms. The van der Waals surface area contributed by atoms with E-state index >= 15 is 0 Å². The van der Waals surface area contributed by atoms with Crippen LogP contribution in [0.5, 0.6) is 0 Å². The summed E-state index contributed by atoms with van der Waals surface area (Å²) >= 11 is 0. The fraction of sp³-hybridized carbons (Fsp3) is 1.00. The molecule has 1 rings (SSSR count). The summed E-state index contributed by atoms with van der Waals surface area (Å²) in [5, 5.41) is 0. The van der Waals surface area contributed by atoms with Crippen molar-refractivity contribution in [3.05, 3.63) is 0 Å². The SMILES string of the molecule is CC(C)[Si]1(C(C)OC(C)(C)C)O[Si](C(C)C)(C(C)OC(C)(C)C)O[Si](C(C)C)(C(C)OC(C)(C)C)O1. The Morgan fingerprint density at radius 2 is 0.556 bits per heavy atom. The van der Waals surface area contributed by atoms with Gasteiger partial charge in [0.25, 0.3) is 0 Å². The van der Waals surface area contributed by atoms with Gasteiger partial charge in [-0.25, -0.2) is 0 Å². The zero-order valence-corrected chi connectivity index (χ0v) is 29.9. The predicted octanol–water partition coefficient (Wildman–Crippen LogP) is 7.83. The second kappa shape index (κ2) is 11.5. The normalized spacial score (nSPS) is 31.2. The maximum absolute atomic E-state index is 7.45. The molecule has 36 heavy (non-hydrogen) atoms. The minimum atomic E-state index is -3.03. The van der Waals surface area contributed by atoms with Crippen molar-refractivity contribution in [2.24, 2.45) is 0 Å². The third-order valence-corrected chi connectivity index (χ3v) is 22.9. The van der Waals surface area contributed by atoms with E-state index in [0.29, 0.717) is 0 Å². The molecule has 1 heterocycles. The van der Waals surface area contributed by atoms with Gasteiger partial charge in [0.2, 0.25) is 0 Å². The van der Waals surface area contributed by atoms with E-state index in [4.69, 9.17) is 26.6 Å². The maximum Gasteiger partial charge on any atom is 0.353 e. The summed E-state index contributed by atoms with van der Waals surface area (Å²) in [6.45, 7) is 38.7. The molecule has 0 radical (unpaired) electrons. The largest absolute Gasteiger partial charge is 0.412 e. The van der Waals surface area contributed by atoms with Crippen LogP contribution < -0.4 is 0 Å². The van der Waals surface area contributed by atoms with E-state index < -0.39 is 25.7 Å². The Bertz CT molecular complexity index is 605. The van der Waals surface area contributed by atoms with E-state index in [1.807, 2.05) is 0 Å². The van der Waals surface area contributed by atoms with Crippen LogP contribution in [0.3, 0.4) is 0 Å². The lowest BCUT2D eigenvalue weighted by Gasteiger charge is -2.61. The Labute approximate surface area is 227 Å². The molecular weight excluding hydrogens is 505 g/mol. The van der Waals surface area contributed by atoms with E-state index in [0.717, 1.165) is 0 Å². The monoisotopic (exact) mass is 564 g/mol. The zero-order valence-electron chi connectivity index (χ0n) is 26.9. The molecule has 0 aromatic rings. The molecule has 3 unspecified atom stereocenters. The summed E-state index contributed by atoms with van der Waals surface area (Å²) in [6, 6.07) is 0. The quantitative estimate of drug-likeness (QED) is 0.266. The van der Waals surface area contributed by atoms with Crippen molar-refractivity contribution in [3.63, 3.8) is 0 Å². The highest BCUT2D eigenvalue weighted by Crippen LogP contribution is 2.50. The summed E-state index contributed by atoms with van der Waals surface area (Å²) in [7, 11) is -9.09. The molecule has 3 atom stereocenters. The van der Waals surface area contributed by atoms with E-state index in [9.17, 15) is 0 Å². The third kappa shape index (κ3) is 7.97. The molecule has 1 saturated heterocycles. The molecule has 1 aliphatic heterocycles. The zero-order chi connectivity index (χ0) is 28.7. The summed E-state index contributed by atoms with van der Waals surface area (Å²) in [5.41, 5.74) is -1.11. The van der Waals surface area contributed by atoms with Crippen molar-refractivity contribution >= 4 is 25.7 Å². The summed E-state index contributed by atoms with van der Waals surface area (Å²) in [4.78, 5) is 0. The molecule has 9 heteroatoms. The molecule has 1 fully saturated rings. The van der Waals surface area contributed by atoms with Crippen molar-refractivity contribution in [2.45, 2.75) is 175 Å². The van der Waals surface area contributed by atoms with Crippen molar-refractivity contribution in [3.8, 4) is 0 Å². The topological polar surface area (TPSA) is 55.4 Å². The van der Waals surface area contributed by atoms with Gasteiger partial charge in [0.15, 0.2) is 0 Å². The summed E-state index contributed by atoms with van der Waals surface area (Å²) in [6.07, 6.45) is 0. The van der Waals surface area contributed by atoms with Gasteiger partial charge in [0, 0.05) is 0 Å². The van der Waals surface area contributed by atoms with Crippen LogP contribution in [0.25, 0.3) is 0 Å². The van der Waals surface area contributed by atoms with Crippen LogP contribution >= 0.6 is 0 Å².